The summed E-state index contributed by atoms with van der Waals surface area (Å²) in [7, 11) is 0. The Bertz CT molecular complexity index is 7800. The molecule has 0 unspecified atom stereocenters. The van der Waals surface area contributed by atoms with Crippen LogP contribution in [0.1, 0.15) is 192 Å². The molecule has 1 N–H and O–H groups in total. The second kappa shape index (κ2) is 45.1. The number of aromatic nitrogens is 10. The molecule has 0 saturated carbocycles. The number of esters is 4. The molecular formula is C115H115BrCl4N10O14S4. The molecule has 24 nitrogen and oxygen atoms in total. The van der Waals surface area contributed by atoms with Crippen molar-refractivity contribution in [3.8, 4) is 76.2 Å². The number of hydrogen-bond donors (Lipinski definition) is 1. The second-order valence-electron chi connectivity index (χ2n) is 40.1. The Balaban J connectivity index is 0.000000136. The highest BCUT2D eigenvalue weighted by molar-refractivity contribution is 9.11. The number of ether oxygens (including phenoxy) is 10. The number of nitrogens with one attached hydrogen (secondary N) is 1. The normalized spacial score (nSPS) is 14.0. The Kier molecular flexibility index (Phi) is 32.9. The van der Waals surface area contributed by atoms with Crippen LogP contribution in [0.4, 0.5) is 0 Å². The number of fused-ring (bicyclic) bond motifs is 7. The van der Waals surface area contributed by atoms with Gasteiger partial charge in [0.05, 0.1) is 157 Å². The third-order valence-electron chi connectivity index (χ3n) is 24.4. The van der Waals surface area contributed by atoms with Gasteiger partial charge in [0.15, 0.2) is 28.3 Å². The third-order valence-corrected chi connectivity index (χ3v) is 30.4. The Morgan fingerprint density at radius 3 is 1.03 bits per heavy atom. The number of nitrogens with zero attached hydrogens (tertiary/aromatic N) is 9. The van der Waals surface area contributed by atoms with Gasteiger partial charge in [-0.2, -0.15) is 15.3 Å². The molecule has 33 heteroatoms. The zero-order chi connectivity index (χ0) is 105. The van der Waals surface area contributed by atoms with Crippen molar-refractivity contribution in [1.82, 2.24) is 49.7 Å². The van der Waals surface area contributed by atoms with Crippen molar-refractivity contribution in [2.24, 2.45) is 0 Å². The van der Waals surface area contributed by atoms with E-state index in [9.17, 15) is 19.2 Å². The minimum absolute atomic E-state index is 0.262. The summed E-state index contributed by atoms with van der Waals surface area (Å²) in [5.74, 6) is -1.64. The van der Waals surface area contributed by atoms with E-state index in [1.807, 2.05) is 266 Å². The van der Waals surface area contributed by atoms with Crippen LogP contribution in [0, 0.1) is 27.7 Å². The number of H-pyrrole nitrogens is 1. The van der Waals surface area contributed by atoms with Crippen LogP contribution in [-0.4, -0.2) is 149 Å². The van der Waals surface area contributed by atoms with E-state index in [-0.39, 0.29) is 32.5 Å². The Hall–Kier alpha value is -11.3. The summed E-state index contributed by atoms with van der Waals surface area (Å²) in [6.45, 7) is 42.2. The molecule has 20 rings (SSSR count). The molecule has 148 heavy (non-hydrogen) atoms. The predicted octanol–water partition coefficient (Wildman–Crippen LogP) is 30.9. The average molecular weight is 2210 g/mol. The van der Waals surface area contributed by atoms with Crippen molar-refractivity contribution in [2.75, 3.05) is 52.9 Å². The highest BCUT2D eigenvalue weighted by Crippen LogP contribution is 2.52. The molecule has 2 saturated heterocycles. The average Bonchev–Trinajstić information content (AvgIpc) is 1.56. The maximum Gasteiger partial charge on any atom is 0.339 e. The smallest absolute Gasteiger partial charge is 0.339 e. The molecule has 7 aromatic heterocycles. The van der Waals surface area contributed by atoms with Crippen molar-refractivity contribution >= 4 is 205 Å². The van der Waals surface area contributed by atoms with Crippen LogP contribution in [0.25, 0.3) is 150 Å². The van der Waals surface area contributed by atoms with Crippen molar-refractivity contribution < 1.29 is 66.5 Å². The van der Waals surface area contributed by atoms with Crippen molar-refractivity contribution in [2.45, 2.75) is 197 Å². The van der Waals surface area contributed by atoms with Gasteiger partial charge in [0, 0.05) is 104 Å². The van der Waals surface area contributed by atoms with Crippen molar-refractivity contribution in [1.29, 1.82) is 0 Å². The van der Waals surface area contributed by atoms with Crippen LogP contribution in [0.3, 0.4) is 0 Å². The fourth-order valence-electron chi connectivity index (χ4n) is 18.0. The summed E-state index contributed by atoms with van der Waals surface area (Å²) in [6, 6.07) is 57.9. The summed E-state index contributed by atoms with van der Waals surface area (Å²) >= 11 is 34.7. The number of halogens is 5. The monoisotopic (exact) mass is 2210 g/mol. The standard InChI is InChI=1S/2C32H32ClN3O4S.C29H28ClN3O3S.C22H23BrClNO3S/c1-6-39-31(37)28(40-32(3,4)5)26-18(2)13-24-29(27(26)19-7-10-22(33)11-8-19)41-30(35-24)20-9-12-25-21(14-20)15-34-36(25)23-16-38-17-23;1-6-39-31(37)28(40-32(3,4)5)26-18(2)13-25-29(27(26)19-7-10-22(33)11-8-19)41-30(34-25)20-9-12-24-21(14-20)15-36(35-24)23-16-38-17-23;1-6-35-28(34)25(36-29(3,4)5)23-16(2)13-22-26(24(23)17-7-10-20(30)11-8-17)37-27(32-22)18-9-12-21-19(14-18)15-31-33-21;1-6-27-20(26)18(28-22(3,4)5)16-12(2)11-15-19(29-21(23)25-15)17(16)13-7-9-14(24)10-8-13/h2*7-15,23,28H,6,16-17H2,1-5H3;7-15,25H,6H2,1-5H3,(H,31,33);7-11,18H,6H2,1-5H3/t2*28-;25-;18-/m0000/s1. The van der Waals surface area contributed by atoms with Crippen LogP contribution in [0.2, 0.25) is 20.1 Å². The first-order chi connectivity index (χ1) is 70.5. The van der Waals surface area contributed by atoms with Crippen LogP contribution in [0.15, 0.2) is 198 Å². The van der Waals surface area contributed by atoms with E-state index in [1.54, 1.807) is 67.9 Å². The number of rotatable bonds is 25. The first kappa shape index (κ1) is 108. The molecule has 18 aromatic rings. The van der Waals surface area contributed by atoms with Crippen LogP contribution in [-0.2, 0) is 66.5 Å². The van der Waals surface area contributed by atoms with E-state index in [0.29, 0.717) is 52.6 Å². The highest BCUT2D eigenvalue weighted by Gasteiger charge is 2.40. The summed E-state index contributed by atoms with van der Waals surface area (Å²) in [6.07, 6.45) is 2.21. The fraction of sp³-hybridized carbons (Fsp3) is 0.330. The number of hydrogen-bond acceptors (Lipinski definition) is 25. The van der Waals surface area contributed by atoms with E-state index < -0.39 is 70.7 Å². The number of benzene rings is 11. The van der Waals surface area contributed by atoms with Crippen LogP contribution >= 0.6 is 108 Å². The Morgan fingerprint density at radius 1 is 0.385 bits per heavy atom. The van der Waals surface area contributed by atoms with Crippen molar-refractivity contribution in [3.05, 3.63) is 263 Å². The van der Waals surface area contributed by atoms with E-state index in [4.69, 9.17) is 114 Å². The molecule has 11 aromatic carbocycles. The predicted molar refractivity (Wildman–Crippen MR) is 600 cm³/mol. The van der Waals surface area contributed by atoms with Crippen LogP contribution in [0.5, 0.6) is 0 Å². The van der Waals surface area contributed by atoms with Gasteiger partial charge in [-0.15, -0.1) is 45.3 Å². The van der Waals surface area contributed by atoms with E-state index in [1.165, 1.54) is 11.3 Å². The van der Waals surface area contributed by atoms with E-state index >= 15 is 0 Å². The topological polar surface area (TPSA) is 276 Å². The molecule has 2 aliphatic rings. The Morgan fingerprint density at radius 2 is 0.696 bits per heavy atom. The van der Waals surface area contributed by atoms with Gasteiger partial charge in [0.1, 0.15) is 15.0 Å². The third kappa shape index (κ3) is 24.3. The first-order valence-electron chi connectivity index (χ1n) is 48.9. The molecule has 2 fully saturated rings. The lowest BCUT2D eigenvalue weighted by Gasteiger charge is -2.29. The minimum Gasteiger partial charge on any atom is -0.464 e. The second-order valence-corrected chi connectivity index (χ2v) is 47.1. The van der Waals surface area contributed by atoms with Gasteiger partial charge in [-0.3, -0.25) is 14.5 Å². The van der Waals surface area contributed by atoms with Crippen LogP contribution < -0.4 is 0 Å². The quantitative estimate of drug-likeness (QED) is 0.0411. The van der Waals surface area contributed by atoms with E-state index in [0.717, 1.165) is 198 Å². The molecule has 0 aliphatic carbocycles. The fourth-order valence-corrected chi connectivity index (χ4v) is 23.4. The van der Waals surface area contributed by atoms with E-state index in [2.05, 4.69) is 78.8 Å². The van der Waals surface area contributed by atoms with Gasteiger partial charge in [0.2, 0.25) is 0 Å². The first-order valence-corrected chi connectivity index (χ1v) is 54.4. The molecule has 9 heterocycles. The van der Waals surface area contributed by atoms with Crippen molar-refractivity contribution in [3.63, 3.8) is 0 Å². The molecule has 0 spiro atoms. The molecule has 0 amide bonds. The van der Waals surface area contributed by atoms with Gasteiger partial charge in [-0.1, -0.05) is 94.9 Å². The lowest BCUT2D eigenvalue weighted by molar-refractivity contribution is -0.167. The zero-order valence-corrected chi connectivity index (χ0v) is 93.7. The SMILES string of the molecule is CCOC(=O)[C@@H](OC(C)(C)C)c1c(C)cc2nc(-c3ccc4[nH]ncc4c3)sc2c1-c1ccc(Cl)cc1.CCOC(=O)[C@@H](OC(C)(C)C)c1c(C)cc2nc(-c3ccc4c(cnn4C4COC4)c3)sc2c1-c1ccc(Cl)cc1.CCOC(=O)[C@@H](OC(C)(C)C)c1c(C)cc2nc(-c3ccc4nn(C5COC5)cc4c3)sc2c1-c1ccc(Cl)cc1.CCOC(=O)[C@@H](OC(C)(C)C)c1c(C)cc2nc(Br)sc2c1-c1ccc(Cl)cc1. The van der Waals surface area contributed by atoms with Gasteiger partial charge < -0.3 is 47.4 Å². The summed E-state index contributed by atoms with van der Waals surface area (Å²) in [5, 5.41) is 24.8. The maximum absolute atomic E-state index is 13.4. The number of carbonyl (C=O) groups excluding carboxylic acids is 4. The zero-order valence-electron chi connectivity index (χ0n) is 85.9. The maximum atomic E-state index is 13.4. The van der Waals surface area contributed by atoms with Gasteiger partial charge in [-0.25, -0.2) is 39.1 Å². The number of thiazole rings is 4. The van der Waals surface area contributed by atoms with Gasteiger partial charge in [-0.05, 0) is 326 Å². The molecule has 768 valence electrons. The summed E-state index contributed by atoms with van der Waals surface area (Å²) < 4.78 is 66.7. The summed E-state index contributed by atoms with van der Waals surface area (Å²) in [5.41, 5.74) is 21.3. The number of aromatic amines is 1. The lowest BCUT2D eigenvalue weighted by atomic mass is 9.91. The molecular weight excluding hydrogens is 2100 g/mol. The molecule has 0 radical (unpaired) electrons. The highest BCUT2D eigenvalue weighted by atomic mass is 79.9. The Labute approximate surface area is 903 Å². The molecule has 4 atom stereocenters. The molecule has 2 aliphatic heterocycles. The largest absolute Gasteiger partial charge is 0.464 e. The van der Waals surface area contributed by atoms with Gasteiger partial charge >= 0.3 is 23.9 Å². The number of carbonyl (C=O) groups is 4. The summed E-state index contributed by atoms with van der Waals surface area (Å²) in [4.78, 5) is 72.7. The lowest BCUT2D eigenvalue weighted by Crippen LogP contribution is -2.31. The van der Waals surface area contributed by atoms with Gasteiger partial charge in [0.25, 0.3) is 0 Å². The number of aryl methyl sites for hydroxylation is 4. The minimum atomic E-state index is -0.909. The molecule has 0 bridgehead atoms.